The zero-order valence-corrected chi connectivity index (χ0v) is 7.22. The van der Waals surface area contributed by atoms with E-state index in [-0.39, 0.29) is 6.61 Å². The molecule has 0 saturated carbocycles. The molecule has 0 radical (unpaired) electrons. The van der Waals surface area contributed by atoms with Crippen molar-refractivity contribution in [2.75, 3.05) is 13.2 Å². The Kier molecular flexibility index (Phi) is 5.64. The Bertz CT molecular complexity index is 75.7. The lowest BCUT2D eigenvalue weighted by Gasteiger charge is -2.21. The van der Waals surface area contributed by atoms with E-state index in [1.807, 2.05) is 0 Å². The summed E-state index contributed by atoms with van der Waals surface area (Å²) in [6.45, 7) is 7.57. The third-order valence-corrected chi connectivity index (χ3v) is 1.88. The largest absolute Gasteiger partial charge is 0.396 e. The van der Waals surface area contributed by atoms with Crippen molar-refractivity contribution in [3.63, 3.8) is 0 Å². The number of hydrogen-bond acceptors (Lipinski definition) is 2. The van der Waals surface area contributed by atoms with Crippen molar-refractivity contribution >= 4 is 0 Å². The molecular formula is C8H19NO. The monoisotopic (exact) mass is 145 g/mol. The summed E-state index contributed by atoms with van der Waals surface area (Å²) in [6.07, 6.45) is 1.09. The lowest BCUT2D eigenvalue weighted by Crippen LogP contribution is -2.35. The summed E-state index contributed by atoms with van der Waals surface area (Å²) in [4.78, 5) is 0. The fraction of sp³-hybridized carbons (Fsp3) is 1.00. The molecule has 2 heteroatoms. The number of aliphatic hydroxyl groups is 1. The predicted molar refractivity (Wildman–Crippen MR) is 44.0 cm³/mol. The normalized spacial score (nSPS) is 16.8. The smallest absolute Gasteiger partial charge is 0.0471 e. The van der Waals surface area contributed by atoms with Crippen LogP contribution in [0.25, 0.3) is 0 Å². The van der Waals surface area contributed by atoms with Crippen LogP contribution in [0.15, 0.2) is 0 Å². The van der Waals surface area contributed by atoms with Gasteiger partial charge in [-0.1, -0.05) is 20.8 Å². The Morgan fingerprint density at radius 1 is 1.40 bits per heavy atom. The average Bonchev–Trinajstić information content (AvgIpc) is 1.99. The highest BCUT2D eigenvalue weighted by Crippen LogP contribution is 2.04. The molecule has 62 valence electrons. The van der Waals surface area contributed by atoms with E-state index in [1.165, 1.54) is 0 Å². The van der Waals surface area contributed by atoms with Crippen molar-refractivity contribution in [3.8, 4) is 0 Å². The van der Waals surface area contributed by atoms with Gasteiger partial charge in [0.2, 0.25) is 0 Å². The maximum absolute atomic E-state index is 8.82. The topological polar surface area (TPSA) is 32.3 Å². The van der Waals surface area contributed by atoms with Gasteiger partial charge < -0.3 is 10.4 Å². The van der Waals surface area contributed by atoms with Crippen molar-refractivity contribution in [1.29, 1.82) is 0 Å². The Morgan fingerprint density at radius 3 is 2.30 bits per heavy atom. The third-order valence-electron chi connectivity index (χ3n) is 1.88. The molecule has 0 spiro atoms. The molecule has 0 fully saturated rings. The number of aliphatic hydroxyl groups excluding tert-OH is 1. The summed E-state index contributed by atoms with van der Waals surface area (Å²) in [5, 5.41) is 12.1. The van der Waals surface area contributed by atoms with Crippen LogP contribution in [0.1, 0.15) is 27.2 Å². The minimum absolute atomic E-state index is 0.283. The van der Waals surface area contributed by atoms with Crippen LogP contribution in [-0.2, 0) is 0 Å². The van der Waals surface area contributed by atoms with Crippen LogP contribution in [0, 0.1) is 5.92 Å². The minimum atomic E-state index is 0.283. The van der Waals surface area contributed by atoms with E-state index in [4.69, 9.17) is 5.11 Å². The van der Waals surface area contributed by atoms with Gasteiger partial charge in [0, 0.05) is 12.6 Å². The molecule has 0 rings (SSSR count). The van der Waals surface area contributed by atoms with E-state index in [9.17, 15) is 0 Å². The van der Waals surface area contributed by atoms with E-state index in [0.29, 0.717) is 12.0 Å². The first-order chi connectivity index (χ1) is 4.76. The first kappa shape index (κ1) is 9.92. The lowest BCUT2D eigenvalue weighted by molar-refractivity contribution is 0.200. The first-order valence-electron chi connectivity index (χ1n) is 4.10. The van der Waals surface area contributed by atoms with Crippen LogP contribution >= 0.6 is 0 Å². The van der Waals surface area contributed by atoms with Crippen molar-refractivity contribution in [2.24, 2.45) is 5.92 Å². The molecule has 0 aromatic heterocycles. The Labute approximate surface area is 63.6 Å². The van der Waals surface area contributed by atoms with E-state index >= 15 is 0 Å². The predicted octanol–water partition coefficient (Wildman–Crippen LogP) is 1.00. The molecule has 0 bridgehead atoms. The van der Waals surface area contributed by atoms with Gasteiger partial charge in [0.15, 0.2) is 0 Å². The molecule has 2 N–H and O–H groups in total. The summed E-state index contributed by atoms with van der Waals surface area (Å²) in [5.41, 5.74) is 0. The van der Waals surface area contributed by atoms with Crippen molar-refractivity contribution in [3.05, 3.63) is 0 Å². The molecule has 2 unspecified atom stereocenters. The van der Waals surface area contributed by atoms with Gasteiger partial charge >= 0.3 is 0 Å². The molecule has 0 aromatic rings. The number of rotatable bonds is 5. The van der Waals surface area contributed by atoms with Gasteiger partial charge in [-0.3, -0.25) is 0 Å². The van der Waals surface area contributed by atoms with Gasteiger partial charge in [0.05, 0.1) is 0 Å². The van der Waals surface area contributed by atoms with Gasteiger partial charge in [-0.05, 0) is 18.9 Å². The Morgan fingerprint density at radius 2 is 2.00 bits per heavy atom. The van der Waals surface area contributed by atoms with Crippen molar-refractivity contribution in [2.45, 2.75) is 33.2 Å². The van der Waals surface area contributed by atoms with E-state index < -0.39 is 0 Å². The van der Waals surface area contributed by atoms with Crippen molar-refractivity contribution in [1.82, 2.24) is 5.32 Å². The highest BCUT2D eigenvalue weighted by Gasteiger charge is 2.11. The summed E-state index contributed by atoms with van der Waals surface area (Å²) >= 11 is 0. The second-order valence-corrected chi connectivity index (χ2v) is 2.73. The molecule has 10 heavy (non-hydrogen) atoms. The molecule has 0 aromatic carbocycles. The fourth-order valence-electron chi connectivity index (χ4n) is 1.14. The SMILES string of the molecule is CCNC(CC)C(C)CO. The highest BCUT2D eigenvalue weighted by atomic mass is 16.3. The molecule has 0 amide bonds. The molecule has 0 aliphatic heterocycles. The standard InChI is InChI=1S/C8H19NO/c1-4-8(9-5-2)7(3)6-10/h7-10H,4-6H2,1-3H3. The van der Waals surface area contributed by atoms with Crippen LogP contribution in [0.2, 0.25) is 0 Å². The number of nitrogens with one attached hydrogen (secondary N) is 1. The maximum atomic E-state index is 8.82. The van der Waals surface area contributed by atoms with Crippen LogP contribution in [-0.4, -0.2) is 24.3 Å². The summed E-state index contributed by atoms with van der Waals surface area (Å²) < 4.78 is 0. The van der Waals surface area contributed by atoms with E-state index in [1.54, 1.807) is 0 Å². The van der Waals surface area contributed by atoms with Gasteiger partial charge in [0.25, 0.3) is 0 Å². The van der Waals surface area contributed by atoms with Crippen LogP contribution in [0.5, 0.6) is 0 Å². The lowest BCUT2D eigenvalue weighted by atomic mass is 10.0. The first-order valence-corrected chi connectivity index (χ1v) is 4.10. The number of hydrogen-bond donors (Lipinski definition) is 2. The summed E-state index contributed by atoms with van der Waals surface area (Å²) in [7, 11) is 0. The Balaban J connectivity index is 3.56. The van der Waals surface area contributed by atoms with Crippen LogP contribution in [0.4, 0.5) is 0 Å². The molecule has 2 atom stereocenters. The molecular weight excluding hydrogens is 126 g/mol. The van der Waals surface area contributed by atoms with E-state index in [0.717, 1.165) is 13.0 Å². The summed E-state index contributed by atoms with van der Waals surface area (Å²) in [5.74, 6) is 0.380. The third kappa shape index (κ3) is 3.18. The molecule has 0 aliphatic carbocycles. The second kappa shape index (κ2) is 5.69. The van der Waals surface area contributed by atoms with Gasteiger partial charge in [0.1, 0.15) is 0 Å². The van der Waals surface area contributed by atoms with Gasteiger partial charge in [-0.2, -0.15) is 0 Å². The fourth-order valence-corrected chi connectivity index (χ4v) is 1.14. The summed E-state index contributed by atoms with van der Waals surface area (Å²) in [6, 6.07) is 0.481. The molecule has 2 nitrogen and oxygen atoms in total. The van der Waals surface area contributed by atoms with Gasteiger partial charge in [-0.25, -0.2) is 0 Å². The zero-order valence-electron chi connectivity index (χ0n) is 7.22. The maximum Gasteiger partial charge on any atom is 0.0471 e. The molecule has 0 heterocycles. The Hall–Kier alpha value is -0.0800. The average molecular weight is 145 g/mol. The highest BCUT2D eigenvalue weighted by molar-refractivity contribution is 4.69. The molecule has 0 saturated heterocycles. The quantitative estimate of drug-likeness (QED) is 0.605. The van der Waals surface area contributed by atoms with E-state index in [2.05, 4.69) is 26.1 Å². The van der Waals surface area contributed by atoms with Crippen molar-refractivity contribution < 1.29 is 5.11 Å². The zero-order chi connectivity index (χ0) is 7.98. The molecule has 0 aliphatic rings. The second-order valence-electron chi connectivity index (χ2n) is 2.73. The van der Waals surface area contributed by atoms with Crippen LogP contribution < -0.4 is 5.32 Å². The van der Waals surface area contributed by atoms with Gasteiger partial charge in [-0.15, -0.1) is 0 Å². The minimum Gasteiger partial charge on any atom is -0.396 e. The van der Waals surface area contributed by atoms with Crippen LogP contribution in [0.3, 0.4) is 0 Å².